The number of urea groups is 1. The highest BCUT2D eigenvalue weighted by molar-refractivity contribution is 5.74. The molecule has 0 radical (unpaired) electrons. The van der Waals surface area contributed by atoms with Crippen LogP contribution < -0.4 is 5.32 Å². The van der Waals surface area contributed by atoms with Crippen LogP contribution in [0.2, 0.25) is 0 Å². The standard InChI is InChI=1S/C20H28F3N5O/c1-4-9-25-19(29)28(13-12-26(2)3)15-18-24-10-11-27(18)14-16-5-7-17(8-6-16)20(21,22)23/h5-8,10-11H,4,9,12-15H2,1-3H3,(H,25,29). The van der Waals surface area contributed by atoms with E-state index in [2.05, 4.69) is 10.3 Å². The highest BCUT2D eigenvalue weighted by Crippen LogP contribution is 2.29. The second-order valence-corrected chi connectivity index (χ2v) is 7.12. The van der Waals surface area contributed by atoms with E-state index in [0.29, 0.717) is 38.5 Å². The van der Waals surface area contributed by atoms with Crippen LogP contribution in [-0.2, 0) is 19.3 Å². The molecule has 1 N–H and O–H groups in total. The molecular weight excluding hydrogens is 383 g/mol. The molecule has 0 saturated heterocycles. The maximum absolute atomic E-state index is 12.7. The summed E-state index contributed by atoms with van der Waals surface area (Å²) in [4.78, 5) is 20.5. The van der Waals surface area contributed by atoms with Gasteiger partial charge in [-0.2, -0.15) is 13.2 Å². The van der Waals surface area contributed by atoms with Crippen LogP contribution in [0.1, 0.15) is 30.3 Å². The molecule has 0 saturated carbocycles. The average molecular weight is 411 g/mol. The molecule has 0 aliphatic rings. The molecule has 29 heavy (non-hydrogen) atoms. The van der Waals surface area contributed by atoms with Crippen molar-refractivity contribution in [2.24, 2.45) is 0 Å². The molecular formula is C20H28F3N5O. The van der Waals surface area contributed by atoms with Crippen molar-refractivity contribution in [2.45, 2.75) is 32.6 Å². The molecule has 0 atom stereocenters. The van der Waals surface area contributed by atoms with Crippen LogP contribution >= 0.6 is 0 Å². The van der Waals surface area contributed by atoms with Crippen molar-refractivity contribution in [2.75, 3.05) is 33.7 Å². The Morgan fingerprint density at radius 1 is 1.17 bits per heavy atom. The Balaban J connectivity index is 2.10. The summed E-state index contributed by atoms with van der Waals surface area (Å²) in [5.74, 6) is 0.676. The van der Waals surface area contributed by atoms with Crippen LogP contribution in [0.4, 0.5) is 18.0 Å². The lowest BCUT2D eigenvalue weighted by atomic mass is 10.1. The molecule has 1 aromatic carbocycles. The minimum absolute atomic E-state index is 0.155. The molecule has 2 aromatic rings. The number of hydrogen-bond donors (Lipinski definition) is 1. The number of amides is 2. The highest BCUT2D eigenvalue weighted by atomic mass is 19.4. The molecule has 0 fully saturated rings. The van der Waals surface area contributed by atoms with Gasteiger partial charge in [-0.15, -0.1) is 0 Å². The van der Waals surface area contributed by atoms with Gasteiger partial charge in [-0.05, 0) is 38.2 Å². The van der Waals surface area contributed by atoms with E-state index in [1.165, 1.54) is 12.1 Å². The third-order valence-corrected chi connectivity index (χ3v) is 4.40. The molecule has 9 heteroatoms. The summed E-state index contributed by atoms with van der Waals surface area (Å²) in [6, 6.07) is 4.92. The van der Waals surface area contributed by atoms with Crippen LogP contribution in [-0.4, -0.2) is 59.1 Å². The SMILES string of the molecule is CCCNC(=O)N(CCN(C)C)Cc1nccn1Cc1ccc(C(F)(F)F)cc1. The first-order valence-corrected chi connectivity index (χ1v) is 9.54. The number of imidazole rings is 1. The van der Waals surface area contributed by atoms with Crippen molar-refractivity contribution in [1.29, 1.82) is 0 Å². The van der Waals surface area contributed by atoms with Crippen molar-refractivity contribution >= 4 is 6.03 Å². The van der Waals surface area contributed by atoms with Crippen LogP contribution in [0.15, 0.2) is 36.7 Å². The maximum Gasteiger partial charge on any atom is 0.416 e. The van der Waals surface area contributed by atoms with Crippen LogP contribution in [0.25, 0.3) is 0 Å². The predicted molar refractivity (Wildman–Crippen MR) is 105 cm³/mol. The van der Waals surface area contributed by atoms with Gasteiger partial charge in [0.05, 0.1) is 12.1 Å². The molecule has 0 unspecified atom stereocenters. The smallest absolute Gasteiger partial charge is 0.338 e. The first kappa shape index (κ1) is 22.7. The second-order valence-electron chi connectivity index (χ2n) is 7.12. The predicted octanol–water partition coefficient (Wildman–Crippen LogP) is 3.43. The van der Waals surface area contributed by atoms with E-state index in [1.54, 1.807) is 17.3 Å². The van der Waals surface area contributed by atoms with E-state index < -0.39 is 11.7 Å². The van der Waals surface area contributed by atoms with Crippen LogP contribution in [0.3, 0.4) is 0 Å². The molecule has 0 aliphatic carbocycles. The van der Waals surface area contributed by atoms with Crippen LogP contribution in [0.5, 0.6) is 0 Å². The van der Waals surface area contributed by atoms with Crippen molar-refractivity contribution < 1.29 is 18.0 Å². The van der Waals surface area contributed by atoms with Gasteiger partial charge in [0.15, 0.2) is 0 Å². The quantitative estimate of drug-likeness (QED) is 0.688. The Morgan fingerprint density at radius 2 is 1.86 bits per heavy atom. The summed E-state index contributed by atoms with van der Waals surface area (Å²) in [5.41, 5.74) is 0.0575. The zero-order valence-corrected chi connectivity index (χ0v) is 17.0. The van der Waals surface area contributed by atoms with E-state index in [0.717, 1.165) is 24.1 Å². The summed E-state index contributed by atoms with van der Waals surface area (Å²) < 4.78 is 40.1. The lowest BCUT2D eigenvalue weighted by Gasteiger charge is -2.25. The summed E-state index contributed by atoms with van der Waals surface area (Å²) in [5, 5.41) is 2.88. The molecule has 6 nitrogen and oxygen atoms in total. The van der Waals surface area contributed by atoms with Gasteiger partial charge in [0, 0.05) is 38.6 Å². The van der Waals surface area contributed by atoms with Gasteiger partial charge in [0.25, 0.3) is 0 Å². The number of carbonyl (C=O) groups is 1. The number of hydrogen-bond acceptors (Lipinski definition) is 3. The highest BCUT2D eigenvalue weighted by Gasteiger charge is 2.29. The van der Waals surface area contributed by atoms with E-state index in [1.807, 2.05) is 30.5 Å². The number of carbonyl (C=O) groups excluding carboxylic acids is 1. The van der Waals surface area contributed by atoms with Gasteiger partial charge in [0.2, 0.25) is 0 Å². The zero-order chi connectivity index (χ0) is 21.4. The molecule has 1 heterocycles. The van der Waals surface area contributed by atoms with E-state index >= 15 is 0 Å². The summed E-state index contributed by atoms with van der Waals surface area (Å²) in [6.45, 7) is 4.52. The van der Waals surface area contributed by atoms with Crippen molar-refractivity contribution in [3.8, 4) is 0 Å². The Labute approximate surface area is 169 Å². The fraction of sp³-hybridized carbons (Fsp3) is 0.500. The fourth-order valence-corrected chi connectivity index (χ4v) is 2.72. The van der Waals surface area contributed by atoms with Gasteiger partial charge in [0.1, 0.15) is 5.82 Å². The van der Waals surface area contributed by atoms with Crippen molar-refractivity contribution in [1.82, 2.24) is 24.7 Å². The number of rotatable bonds is 9. The van der Waals surface area contributed by atoms with Gasteiger partial charge in [-0.1, -0.05) is 19.1 Å². The molecule has 0 bridgehead atoms. The number of aromatic nitrogens is 2. The largest absolute Gasteiger partial charge is 0.416 e. The second kappa shape index (κ2) is 10.3. The maximum atomic E-state index is 12.7. The molecule has 160 valence electrons. The van der Waals surface area contributed by atoms with E-state index in [9.17, 15) is 18.0 Å². The number of benzene rings is 1. The third-order valence-electron chi connectivity index (χ3n) is 4.40. The van der Waals surface area contributed by atoms with Gasteiger partial charge in [-0.25, -0.2) is 9.78 Å². The van der Waals surface area contributed by atoms with E-state index in [4.69, 9.17) is 0 Å². The van der Waals surface area contributed by atoms with Gasteiger partial charge in [-0.3, -0.25) is 0 Å². The Morgan fingerprint density at radius 3 is 2.45 bits per heavy atom. The van der Waals surface area contributed by atoms with Crippen molar-refractivity contribution in [3.05, 3.63) is 53.6 Å². The summed E-state index contributed by atoms with van der Waals surface area (Å²) >= 11 is 0. The van der Waals surface area contributed by atoms with Gasteiger partial charge < -0.3 is 19.7 Å². The average Bonchev–Trinajstić information content (AvgIpc) is 3.09. The first-order valence-electron chi connectivity index (χ1n) is 9.54. The normalized spacial score (nSPS) is 11.7. The lowest BCUT2D eigenvalue weighted by molar-refractivity contribution is -0.137. The number of nitrogens with one attached hydrogen (secondary N) is 1. The Hall–Kier alpha value is -2.55. The number of halogens is 3. The summed E-state index contributed by atoms with van der Waals surface area (Å²) in [7, 11) is 3.88. The molecule has 0 aliphatic heterocycles. The lowest BCUT2D eigenvalue weighted by Crippen LogP contribution is -2.43. The molecule has 2 rings (SSSR count). The fourth-order valence-electron chi connectivity index (χ4n) is 2.72. The minimum atomic E-state index is -4.35. The topological polar surface area (TPSA) is 53.4 Å². The van der Waals surface area contributed by atoms with E-state index in [-0.39, 0.29) is 6.03 Å². The molecule has 0 spiro atoms. The van der Waals surface area contributed by atoms with Gasteiger partial charge >= 0.3 is 12.2 Å². The van der Waals surface area contributed by atoms with Crippen molar-refractivity contribution in [3.63, 3.8) is 0 Å². The number of likely N-dealkylation sites (N-methyl/N-ethyl adjacent to an activating group) is 1. The summed E-state index contributed by atoms with van der Waals surface area (Å²) in [6.07, 6.45) is -0.109. The Bertz CT molecular complexity index is 771. The minimum Gasteiger partial charge on any atom is -0.338 e. The first-order chi connectivity index (χ1) is 13.7. The zero-order valence-electron chi connectivity index (χ0n) is 17.0. The monoisotopic (exact) mass is 411 g/mol. The Kier molecular flexibility index (Phi) is 8.07. The van der Waals surface area contributed by atoms with Crippen LogP contribution in [0, 0.1) is 0 Å². The number of alkyl halides is 3. The molecule has 1 aromatic heterocycles. The molecule has 2 amide bonds. The number of nitrogens with zero attached hydrogens (tertiary/aromatic N) is 4. The third kappa shape index (κ3) is 7.08.